The first-order valence-corrected chi connectivity index (χ1v) is 8.13. The maximum absolute atomic E-state index is 12.3. The Morgan fingerprint density at radius 1 is 1.19 bits per heavy atom. The standard InChI is InChI=1S/C18H24N2O/c21-18-17(19-13-12-14-6-2-1-3-7-14)11-10-15-8-4-5-9-16(15)20-18/h4-6,8-9,17,19H,1-3,7,10-13H2,(H,20,21). The average Bonchev–Trinajstić information content (AvgIpc) is 2.68. The first kappa shape index (κ1) is 14.3. The highest BCUT2D eigenvalue weighted by Gasteiger charge is 2.22. The first-order chi connectivity index (χ1) is 10.3. The van der Waals surface area contributed by atoms with Gasteiger partial charge in [0.15, 0.2) is 0 Å². The number of hydrogen-bond acceptors (Lipinski definition) is 2. The van der Waals surface area contributed by atoms with Crippen LogP contribution in [0.5, 0.6) is 0 Å². The zero-order valence-corrected chi connectivity index (χ0v) is 12.5. The van der Waals surface area contributed by atoms with E-state index in [1.165, 1.54) is 31.2 Å². The second-order valence-electron chi connectivity index (χ2n) is 6.05. The lowest BCUT2D eigenvalue weighted by molar-refractivity contribution is -0.118. The molecule has 3 heteroatoms. The summed E-state index contributed by atoms with van der Waals surface area (Å²) in [4.78, 5) is 12.3. The van der Waals surface area contributed by atoms with Crippen molar-refractivity contribution in [1.29, 1.82) is 0 Å². The van der Waals surface area contributed by atoms with Crippen molar-refractivity contribution in [3.63, 3.8) is 0 Å². The number of carbonyl (C=O) groups is 1. The van der Waals surface area contributed by atoms with Crippen molar-refractivity contribution in [3.05, 3.63) is 41.5 Å². The number of aryl methyl sites for hydroxylation is 1. The van der Waals surface area contributed by atoms with E-state index in [4.69, 9.17) is 0 Å². The Morgan fingerprint density at radius 2 is 2.10 bits per heavy atom. The molecule has 3 nitrogen and oxygen atoms in total. The van der Waals surface area contributed by atoms with Gasteiger partial charge in [-0.15, -0.1) is 0 Å². The molecule has 1 amide bonds. The summed E-state index contributed by atoms with van der Waals surface area (Å²) in [6.07, 6.45) is 10.4. The van der Waals surface area contributed by atoms with Crippen molar-refractivity contribution in [1.82, 2.24) is 5.32 Å². The van der Waals surface area contributed by atoms with E-state index in [0.29, 0.717) is 0 Å². The summed E-state index contributed by atoms with van der Waals surface area (Å²) >= 11 is 0. The zero-order chi connectivity index (χ0) is 14.5. The van der Waals surface area contributed by atoms with Gasteiger partial charge in [-0.2, -0.15) is 0 Å². The van der Waals surface area contributed by atoms with Crippen LogP contribution in [0.4, 0.5) is 5.69 Å². The Morgan fingerprint density at radius 3 is 2.95 bits per heavy atom. The van der Waals surface area contributed by atoms with Gasteiger partial charge in [-0.25, -0.2) is 0 Å². The third-order valence-electron chi connectivity index (χ3n) is 4.52. The van der Waals surface area contributed by atoms with Gasteiger partial charge in [-0.3, -0.25) is 4.79 Å². The van der Waals surface area contributed by atoms with E-state index in [9.17, 15) is 4.79 Å². The lowest BCUT2D eigenvalue weighted by atomic mass is 9.97. The normalized spacial score (nSPS) is 22.0. The van der Waals surface area contributed by atoms with Crippen LogP contribution in [0.2, 0.25) is 0 Å². The molecule has 3 rings (SSSR count). The molecule has 1 aromatic rings. The molecule has 0 aromatic heterocycles. The Hall–Kier alpha value is -1.61. The monoisotopic (exact) mass is 284 g/mol. The van der Waals surface area contributed by atoms with Crippen LogP contribution in [0.25, 0.3) is 0 Å². The molecule has 1 unspecified atom stereocenters. The van der Waals surface area contributed by atoms with Gasteiger partial charge in [-0.05, 0) is 63.1 Å². The lowest BCUT2D eigenvalue weighted by Crippen LogP contribution is -2.40. The van der Waals surface area contributed by atoms with E-state index in [-0.39, 0.29) is 11.9 Å². The smallest absolute Gasteiger partial charge is 0.241 e. The van der Waals surface area contributed by atoms with Crippen LogP contribution < -0.4 is 10.6 Å². The third-order valence-corrected chi connectivity index (χ3v) is 4.52. The van der Waals surface area contributed by atoms with Gasteiger partial charge >= 0.3 is 0 Å². The highest BCUT2D eigenvalue weighted by molar-refractivity contribution is 5.96. The summed E-state index contributed by atoms with van der Waals surface area (Å²) in [6, 6.07) is 8.03. The molecule has 1 atom stereocenters. The van der Waals surface area contributed by atoms with Crippen LogP contribution in [0.3, 0.4) is 0 Å². The van der Waals surface area contributed by atoms with Crippen molar-refractivity contribution in [2.24, 2.45) is 0 Å². The number of anilines is 1. The van der Waals surface area contributed by atoms with Crippen molar-refractivity contribution in [2.75, 3.05) is 11.9 Å². The molecule has 112 valence electrons. The van der Waals surface area contributed by atoms with Gasteiger partial charge in [-0.1, -0.05) is 29.8 Å². The van der Waals surface area contributed by atoms with Crippen molar-refractivity contribution in [3.8, 4) is 0 Å². The fourth-order valence-corrected chi connectivity index (χ4v) is 3.24. The Bertz CT molecular complexity index is 536. The zero-order valence-electron chi connectivity index (χ0n) is 12.5. The molecule has 0 radical (unpaired) electrons. The molecule has 0 fully saturated rings. The SMILES string of the molecule is O=C1Nc2ccccc2CCC1NCCC1=CCCCC1. The van der Waals surface area contributed by atoms with Gasteiger partial charge in [0, 0.05) is 5.69 Å². The van der Waals surface area contributed by atoms with Crippen LogP contribution in [0.1, 0.15) is 44.1 Å². The summed E-state index contributed by atoms with van der Waals surface area (Å²) in [7, 11) is 0. The molecule has 2 aliphatic rings. The summed E-state index contributed by atoms with van der Waals surface area (Å²) < 4.78 is 0. The highest BCUT2D eigenvalue weighted by atomic mass is 16.2. The maximum atomic E-state index is 12.3. The number of fused-ring (bicyclic) bond motifs is 1. The van der Waals surface area contributed by atoms with Crippen LogP contribution in [0, 0.1) is 0 Å². The van der Waals surface area contributed by atoms with E-state index in [0.717, 1.165) is 31.5 Å². The number of allylic oxidation sites excluding steroid dienone is 1. The molecule has 0 saturated carbocycles. The summed E-state index contributed by atoms with van der Waals surface area (Å²) in [6.45, 7) is 0.903. The second kappa shape index (κ2) is 6.90. The summed E-state index contributed by atoms with van der Waals surface area (Å²) in [5.41, 5.74) is 3.78. The molecular weight excluding hydrogens is 260 g/mol. The average molecular weight is 284 g/mol. The molecule has 1 aromatic carbocycles. The Labute approximate surface area is 126 Å². The van der Waals surface area contributed by atoms with E-state index >= 15 is 0 Å². The number of rotatable bonds is 4. The molecule has 1 aliphatic heterocycles. The molecular formula is C18H24N2O. The van der Waals surface area contributed by atoms with Crippen molar-refractivity contribution >= 4 is 11.6 Å². The fourth-order valence-electron chi connectivity index (χ4n) is 3.24. The van der Waals surface area contributed by atoms with Gasteiger partial charge in [0.25, 0.3) is 0 Å². The predicted molar refractivity (Wildman–Crippen MR) is 86.4 cm³/mol. The number of hydrogen-bond donors (Lipinski definition) is 2. The second-order valence-corrected chi connectivity index (χ2v) is 6.05. The van der Waals surface area contributed by atoms with Crippen molar-refractivity contribution in [2.45, 2.75) is 51.0 Å². The maximum Gasteiger partial charge on any atom is 0.241 e. The lowest BCUT2D eigenvalue weighted by Gasteiger charge is -2.17. The van der Waals surface area contributed by atoms with E-state index in [1.807, 2.05) is 18.2 Å². The van der Waals surface area contributed by atoms with E-state index < -0.39 is 0 Å². The van der Waals surface area contributed by atoms with E-state index in [2.05, 4.69) is 22.8 Å². The first-order valence-electron chi connectivity index (χ1n) is 8.13. The van der Waals surface area contributed by atoms with Gasteiger partial charge in [0.05, 0.1) is 6.04 Å². The summed E-state index contributed by atoms with van der Waals surface area (Å²) in [5.74, 6) is 0.109. The molecule has 2 N–H and O–H groups in total. The fraction of sp³-hybridized carbons (Fsp3) is 0.500. The molecule has 21 heavy (non-hydrogen) atoms. The quantitative estimate of drug-likeness (QED) is 0.832. The Balaban J connectivity index is 1.52. The third kappa shape index (κ3) is 3.73. The van der Waals surface area contributed by atoms with Gasteiger partial charge < -0.3 is 10.6 Å². The molecule has 1 heterocycles. The number of carbonyl (C=O) groups excluding carboxylic acids is 1. The summed E-state index contributed by atoms with van der Waals surface area (Å²) in [5, 5.41) is 6.49. The van der Waals surface area contributed by atoms with Crippen LogP contribution in [0.15, 0.2) is 35.9 Å². The minimum Gasteiger partial charge on any atom is -0.324 e. The molecule has 0 bridgehead atoms. The minimum atomic E-state index is -0.0680. The number of nitrogens with one attached hydrogen (secondary N) is 2. The van der Waals surface area contributed by atoms with Crippen LogP contribution >= 0.6 is 0 Å². The Kier molecular flexibility index (Phi) is 4.71. The number of benzene rings is 1. The molecule has 0 spiro atoms. The van der Waals surface area contributed by atoms with Gasteiger partial charge in [0.2, 0.25) is 5.91 Å². The van der Waals surface area contributed by atoms with Crippen LogP contribution in [-0.4, -0.2) is 18.5 Å². The van der Waals surface area contributed by atoms with Crippen molar-refractivity contribution < 1.29 is 4.79 Å². The molecule has 0 saturated heterocycles. The minimum absolute atomic E-state index is 0.0680. The number of para-hydroxylation sites is 1. The van der Waals surface area contributed by atoms with E-state index in [1.54, 1.807) is 5.57 Å². The number of amides is 1. The van der Waals surface area contributed by atoms with Gasteiger partial charge in [0.1, 0.15) is 0 Å². The van der Waals surface area contributed by atoms with Crippen LogP contribution in [-0.2, 0) is 11.2 Å². The predicted octanol–water partition coefficient (Wildman–Crippen LogP) is 3.42. The topological polar surface area (TPSA) is 41.1 Å². The molecule has 1 aliphatic carbocycles. The highest BCUT2D eigenvalue weighted by Crippen LogP contribution is 2.22. The largest absolute Gasteiger partial charge is 0.324 e.